The SMILES string of the molecule is CCCCCC(CC[C@H]1[C@H](OC)CC(=O)[C@@H]1CCCCOCC(=O)O)OC. The minimum Gasteiger partial charge on any atom is -0.480 e. The van der Waals surface area contributed by atoms with E-state index in [1.54, 1.807) is 14.2 Å². The molecule has 0 spiro atoms. The zero-order valence-electron chi connectivity index (χ0n) is 17.3. The second-order valence-electron chi connectivity index (χ2n) is 7.59. The second kappa shape index (κ2) is 14.1. The highest BCUT2D eigenvalue weighted by molar-refractivity contribution is 5.84. The first-order valence-electron chi connectivity index (χ1n) is 10.4. The highest BCUT2D eigenvalue weighted by Crippen LogP contribution is 2.38. The van der Waals surface area contributed by atoms with Crippen LogP contribution in [0.3, 0.4) is 0 Å². The first-order valence-corrected chi connectivity index (χ1v) is 10.4. The summed E-state index contributed by atoms with van der Waals surface area (Å²) in [5.74, 6) is -0.345. The lowest BCUT2D eigenvalue weighted by Crippen LogP contribution is -2.24. The lowest BCUT2D eigenvalue weighted by atomic mass is 9.85. The molecule has 0 heterocycles. The molecule has 6 heteroatoms. The van der Waals surface area contributed by atoms with Crippen molar-refractivity contribution in [3.05, 3.63) is 0 Å². The third kappa shape index (κ3) is 9.17. The Labute approximate surface area is 163 Å². The number of hydrogen-bond acceptors (Lipinski definition) is 5. The van der Waals surface area contributed by atoms with Crippen molar-refractivity contribution in [2.75, 3.05) is 27.4 Å². The molecular weight excluding hydrogens is 348 g/mol. The Morgan fingerprint density at radius 3 is 2.56 bits per heavy atom. The monoisotopic (exact) mass is 386 g/mol. The molecule has 1 unspecified atom stereocenters. The number of carboxylic acid groups (broad SMARTS) is 1. The summed E-state index contributed by atoms with van der Waals surface area (Å²) in [5.41, 5.74) is 0. The molecule has 1 fully saturated rings. The number of methoxy groups -OCH3 is 2. The number of carboxylic acids is 1. The normalized spacial score (nSPS) is 23.7. The molecule has 0 radical (unpaired) electrons. The standard InChI is InChI=1S/C21H38O6/c1-4-5-6-9-16(25-2)11-12-18-17(19(22)14-20(18)26-3)10-7-8-13-27-15-21(23)24/h16-18,20H,4-15H2,1-3H3,(H,23,24)/t16?,17-,18-,20-/m1/s1. The smallest absolute Gasteiger partial charge is 0.329 e. The number of unbranched alkanes of at least 4 members (excludes halogenated alkanes) is 3. The van der Waals surface area contributed by atoms with E-state index < -0.39 is 5.97 Å². The van der Waals surface area contributed by atoms with Gasteiger partial charge < -0.3 is 19.3 Å². The maximum atomic E-state index is 12.5. The molecule has 1 aliphatic rings. The van der Waals surface area contributed by atoms with Crippen molar-refractivity contribution >= 4 is 11.8 Å². The van der Waals surface area contributed by atoms with Crippen LogP contribution in [0.25, 0.3) is 0 Å². The van der Waals surface area contributed by atoms with Gasteiger partial charge in [-0.25, -0.2) is 4.79 Å². The van der Waals surface area contributed by atoms with Gasteiger partial charge in [-0.2, -0.15) is 0 Å². The van der Waals surface area contributed by atoms with E-state index in [4.69, 9.17) is 19.3 Å². The highest BCUT2D eigenvalue weighted by Gasteiger charge is 2.41. The minimum absolute atomic E-state index is 0.0129. The maximum absolute atomic E-state index is 12.5. The summed E-state index contributed by atoms with van der Waals surface area (Å²) in [7, 11) is 3.47. The van der Waals surface area contributed by atoms with Crippen molar-refractivity contribution in [2.24, 2.45) is 11.8 Å². The summed E-state index contributed by atoms with van der Waals surface area (Å²) in [4.78, 5) is 22.9. The molecule has 0 amide bonds. The van der Waals surface area contributed by atoms with Crippen LogP contribution in [-0.2, 0) is 23.8 Å². The number of ketones is 1. The Hall–Kier alpha value is -0.980. The highest BCUT2D eigenvalue weighted by atomic mass is 16.5. The van der Waals surface area contributed by atoms with Crippen molar-refractivity contribution in [1.29, 1.82) is 0 Å². The van der Waals surface area contributed by atoms with Crippen molar-refractivity contribution in [3.63, 3.8) is 0 Å². The topological polar surface area (TPSA) is 82.1 Å². The second-order valence-corrected chi connectivity index (χ2v) is 7.59. The van der Waals surface area contributed by atoms with E-state index in [0.717, 1.165) is 38.5 Å². The fourth-order valence-corrected chi connectivity index (χ4v) is 4.13. The fraction of sp³-hybridized carbons (Fsp3) is 0.905. The predicted molar refractivity (Wildman–Crippen MR) is 104 cm³/mol. The molecule has 1 N–H and O–H groups in total. The first kappa shape index (κ1) is 24.1. The summed E-state index contributed by atoms with van der Waals surface area (Å²) >= 11 is 0. The van der Waals surface area contributed by atoms with Crippen LogP contribution >= 0.6 is 0 Å². The molecule has 4 atom stereocenters. The molecule has 0 aromatic rings. The van der Waals surface area contributed by atoms with E-state index in [-0.39, 0.29) is 30.7 Å². The number of Topliss-reactive ketones (excluding diaryl/α,β-unsaturated/α-hetero) is 1. The molecule has 1 rings (SSSR count). The van der Waals surface area contributed by atoms with Gasteiger partial charge in [0.1, 0.15) is 12.4 Å². The predicted octanol–water partition coefficient (Wildman–Crippen LogP) is 3.85. The quantitative estimate of drug-likeness (QED) is 0.406. The van der Waals surface area contributed by atoms with Crippen LogP contribution < -0.4 is 0 Å². The fourth-order valence-electron chi connectivity index (χ4n) is 4.13. The molecule has 1 saturated carbocycles. The third-order valence-corrected chi connectivity index (χ3v) is 5.68. The van der Waals surface area contributed by atoms with E-state index >= 15 is 0 Å². The van der Waals surface area contributed by atoms with Gasteiger partial charge in [0.15, 0.2) is 0 Å². The van der Waals surface area contributed by atoms with Gasteiger partial charge in [0.05, 0.1) is 12.2 Å². The van der Waals surface area contributed by atoms with Crippen molar-refractivity contribution in [2.45, 2.75) is 83.3 Å². The van der Waals surface area contributed by atoms with Gasteiger partial charge in [-0.3, -0.25) is 4.79 Å². The Morgan fingerprint density at radius 1 is 1.15 bits per heavy atom. The third-order valence-electron chi connectivity index (χ3n) is 5.68. The zero-order valence-corrected chi connectivity index (χ0v) is 17.3. The van der Waals surface area contributed by atoms with Crippen molar-refractivity contribution in [1.82, 2.24) is 0 Å². The van der Waals surface area contributed by atoms with Gasteiger partial charge in [-0.05, 0) is 38.0 Å². The Balaban J connectivity index is 2.44. The summed E-state index contributed by atoms with van der Waals surface area (Å²) in [6, 6.07) is 0. The van der Waals surface area contributed by atoms with E-state index in [2.05, 4.69) is 6.92 Å². The molecule has 27 heavy (non-hydrogen) atoms. The number of carbonyl (C=O) groups excluding carboxylic acids is 1. The summed E-state index contributed by atoms with van der Waals surface area (Å²) in [6.07, 6.45) is 9.88. The van der Waals surface area contributed by atoms with Gasteiger partial charge in [0, 0.05) is 33.2 Å². The van der Waals surface area contributed by atoms with Gasteiger partial charge in [0.2, 0.25) is 0 Å². The van der Waals surface area contributed by atoms with Crippen LogP contribution in [0, 0.1) is 11.8 Å². The number of ether oxygens (including phenoxy) is 3. The van der Waals surface area contributed by atoms with Crippen LogP contribution in [0.1, 0.15) is 71.1 Å². The largest absolute Gasteiger partial charge is 0.480 e. The molecule has 6 nitrogen and oxygen atoms in total. The Kier molecular flexibility index (Phi) is 12.5. The summed E-state index contributed by atoms with van der Waals surface area (Å²) < 4.78 is 16.3. The number of rotatable bonds is 16. The lowest BCUT2D eigenvalue weighted by molar-refractivity contribution is -0.142. The molecule has 158 valence electrons. The first-order chi connectivity index (χ1) is 13.0. The molecule has 0 bridgehead atoms. The van der Waals surface area contributed by atoms with Gasteiger partial charge in [-0.15, -0.1) is 0 Å². The zero-order chi connectivity index (χ0) is 20.1. The molecule has 0 aromatic carbocycles. The average Bonchev–Trinajstić information content (AvgIpc) is 2.95. The van der Waals surface area contributed by atoms with E-state index in [1.807, 2.05) is 0 Å². The lowest BCUT2D eigenvalue weighted by Gasteiger charge is -2.25. The maximum Gasteiger partial charge on any atom is 0.329 e. The summed E-state index contributed by atoms with van der Waals surface area (Å²) in [5, 5.41) is 8.57. The van der Waals surface area contributed by atoms with Crippen LogP contribution in [0.2, 0.25) is 0 Å². The Morgan fingerprint density at radius 2 is 1.93 bits per heavy atom. The minimum atomic E-state index is -0.949. The Bertz CT molecular complexity index is 425. The van der Waals surface area contributed by atoms with E-state index in [1.165, 1.54) is 19.3 Å². The summed E-state index contributed by atoms with van der Waals surface area (Å²) in [6.45, 7) is 2.37. The van der Waals surface area contributed by atoms with Crippen molar-refractivity contribution < 1.29 is 28.9 Å². The molecule has 1 aliphatic carbocycles. The molecule has 0 saturated heterocycles. The van der Waals surface area contributed by atoms with Crippen LogP contribution in [-0.4, -0.2) is 56.5 Å². The average molecular weight is 387 g/mol. The van der Waals surface area contributed by atoms with Gasteiger partial charge in [0.25, 0.3) is 0 Å². The van der Waals surface area contributed by atoms with Gasteiger partial charge >= 0.3 is 5.97 Å². The molecular formula is C21H38O6. The van der Waals surface area contributed by atoms with Crippen LogP contribution in [0.4, 0.5) is 0 Å². The molecule has 0 aromatic heterocycles. The molecule has 0 aliphatic heterocycles. The number of carbonyl (C=O) groups is 2. The van der Waals surface area contributed by atoms with Crippen LogP contribution in [0.5, 0.6) is 0 Å². The van der Waals surface area contributed by atoms with Crippen LogP contribution in [0.15, 0.2) is 0 Å². The van der Waals surface area contributed by atoms with E-state index in [0.29, 0.717) is 18.8 Å². The van der Waals surface area contributed by atoms with E-state index in [9.17, 15) is 9.59 Å². The van der Waals surface area contributed by atoms with Gasteiger partial charge in [-0.1, -0.05) is 32.6 Å². The number of hydrogen-bond donors (Lipinski definition) is 1. The van der Waals surface area contributed by atoms with Crippen molar-refractivity contribution in [3.8, 4) is 0 Å². The number of aliphatic carboxylic acids is 1.